The lowest BCUT2D eigenvalue weighted by molar-refractivity contribution is -0.116. The zero-order valence-corrected chi connectivity index (χ0v) is 12.7. The van der Waals surface area contributed by atoms with E-state index in [4.69, 9.17) is 0 Å². The van der Waals surface area contributed by atoms with E-state index in [1.165, 1.54) is 0 Å². The van der Waals surface area contributed by atoms with E-state index in [2.05, 4.69) is 15.4 Å². The van der Waals surface area contributed by atoms with Gasteiger partial charge >= 0.3 is 0 Å². The SMILES string of the molecule is CC1C(=O)Nc2ccc(S(=O)(=O)NC3CCNCC3)cc21. The highest BCUT2D eigenvalue weighted by Gasteiger charge is 2.29. The predicted molar refractivity (Wildman–Crippen MR) is 79.7 cm³/mol. The molecule has 1 aromatic carbocycles. The van der Waals surface area contributed by atoms with E-state index in [9.17, 15) is 13.2 Å². The summed E-state index contributed by atoms with van der Waals surface area (Å²) < 4.78 is 27.7. The number of piperidine rings is 1. The van der Waals surface area contributed by atoms with Gasteiger partial charge in [0.25, 0.3) is 0 Å². The highest BCUT2D eigenvalue weighted by molar-refractivity contribution is 7.89. The maximum atomic E-state index is 12.5. The Morgan fingerprint density at radius 3 is 2.67 bits per heavy atom. The molecule has 1 fully saturated rings. The quantitative estimate of drug-likeness (QED) is 0.770. The van der Waals surface area contributed by atoms with Crippen LogP contribution >= 0.6 is 0 Å². The first kappa shape index (κ1) is 14.5. The first-order valence-corrected chi connectivity index (χ1v) is 8.63. The summed E-state index contributed by atoms with van der Waals surface area (Å²) in [5, 5.41) is 5.95. The molecular formula is C14H19N3O3S. The van der Waals surface area contributed by atoms with Crippen LogP contribution in [0.3, 0.4) is 0 Å². The number of hydrogen-bond acceptors (Lipinski definition) is 4. The average Bonchev–Trinajstić information content (AvgIpc) is 2.74. The molecule has 1 atom stereocenters. The maximum Gasteiger partial charge on any atom is 0.240 e. The second-order valence-corrected chi connectivity index (χ2v) is 7.32. The van der Waals surface area contributed by atoms with Gasteiger partial charge in [-0.05, 0) is 56.6 Å². The van der Waals surface area contributed by atoms with Crippen molar-refractivity contribution in [1.82, 2.24) is 10.0 Å². The van der Waals surface area contributed by atoms with Crippen molar-refractivity contribution >= 4 is 21.6 Å². The molecule has 1 amide bonds. The van der Waals surface area contributed by atoms with Crippen LogP contribution in [0.5, 0.6) is 0 Å². The molecular weight excluding hydrogens is 290 g/mol. The van der Waals surface area contributed by atoms with Gasteiger partial charge in [0.15, 0.2) is 0 Å². The third-order valence-corrected chi connectivity index (χ3v) is 5.63. The zero-order valence-electron chi connectivity index (χ0n) is 11.8. The summed E-state index contributed by atoms with van der Waals surface area (Å²) in [6.07, 6.45) is 1.58. The van der Waals surface area contributed by atoms with Gasteiger partial charge < -0.3 is 10.6 Å². The summed E-state index contributed by atoms with van der Waals surface area (Å²) in [7, 11) is -3.54. The van der Waals surface area contributed by atoms with E-state index in [-0.39, 0.29) is 22.8 Å². The van der Waals surface area contributed by atoms with E-state index in [1.807, 2.05) is 0 Å². The van der Waals surface area contributed by atoms with Gasteiger partial charge in [0, 0.05) is 11.7 Å². The lowest BCUT2D eigenvalue weighted by Crippen LogP contribution is -2.42. The Morgan fingerprint density at radius 2 is 1.95 bits per heavy atom. The predicted octanol–water partition coefficient (Wildman–Crippen LogP) is 0.772. The minimum atomic E-state index is -3.54. The van der Waals surface area contributed by atoms with Gasteiger partial charge in [-0.1, -0.05) is 0 Å². The van der Waals surface area contributed by atoms with Crippen molar-refractivity contribution in [3.8, 4) is 0 Å². The van der Waals surface area contributed by atoms with Gasteiger partial charge in [-0.25, -0.2) is 13.1 Å². The monoisotopic (exact) mass is 309 g/mol. The Labute approximate surface area is 124 Å². The molecule has 0 saturated carbocycles. The number of anilines is 1. The smallest absolute Gasteiger partial charge is 0.240 e. The number of nitrogens with one attached hydrogen (secondary N) is 3. The lowest BCUT2D eigenvalue weighted by Gasteiger charge is -2.23. The molecule has 0 aliphatic carbocycles. The second kappa shape index (κ2) is 5.40. The molecule has 2 aliphatic rings. The van der Waals surface area contributed by atoms with Crippen molar-refractivity contribution in [1.29, 1.82) is 0 Å². The third-order valence-electron chi connectivity index (χ3n) is 4.11. The van der Waals surface area contributed by atoms with Crippen LogP contribution in [0.1, 0.15) is 31.2 Å². The Hall–Kier alpha value is -1.44. The highest BCUT2D eigenvalue weighted by Crippen LogP contribution is 2.33. The zero-order chi connectivity index (χ0) is 15.0. The fourth-order valence-electron chi connectivity index (χ4n) is 2.79. The van der Waals surface area contributed by atoms with Gasteiger partial charge in [0.1, 0.15) is 0 Å². The van der Waals surface area contributed by atoms with Crippen LogP contribution in [0.2, 0.25) is 0 Å². The Morgan fingerprint density at radius 1 is 1.24 bits per heavy atom. The van der Waals surface area contributed by atoms with Crippen LogP contribution in [0.15, 0.2) is 23.1 Å². The number of rotatable bonds is 3. The van der Waals surface area contributed by atoms with Gasteiger partial charge in [-0.15, -0.1) is 0 Å². The van der Waals surface area contributed by atoms with E-state index in [0.29, 0.717) is 5.69 Å². The summed E-state index contributed by atoms with van der Waals surface area (Å²) in [6, 6.07) is 4.77. The summed E-state index contributed by atoms with van der Waals surface area (Å²) in [6.45, 7) is 3.43. The van der Waals surface area contributed by atoms with E-state index in [0.717, 1.165) is 31.5 Å². The summed E-state index contributed by atoms with van der Waals surface area (Å²) in [4.78, 5) is 11.9. The Bertz CT molecular complexity index is 666. The van der Waals surface area contributed by atoms with Crippen molar-refractivity contribution in [3.63, 3.8) is 0 Å². The first-order chi connectivity index (χ1) is 9.97. The average molecular weight is 309 g/mol. The second-order valence-electron chi connectivity index (χ2n) is 5.61. The van der Waals surface area contributed by atoms with Crippen LogP contribution in [0, 0.1) is 0 Å². The topological polar surface area (TPSA) is 87.3 Å². The van der Waals surface area contributed by atoms with Crippen LogP contribution in [-0.4, -0.2) is 33.5 Å². The number of benzene rings is 1. The number of fused-ring (bicyclic) bond motifs is 1. The molecule has 7 heteroatoms. The highest BCUT2D eigenvalue weighted by atomic mass is 32.2. The molecule has 0 radical (unpaired) electrons. The van der Waals surface area contributed by atoms with Crippen molar-refractivity contribution < 1.29 is 13.2 Å². The number of carbonyl (C=O) groups excluding carboxylic acids is 1. The molecule has 3 rings (SSSR count). The summed E-state index contributed by atoms with van der Waals surface area (Å²) in [5.74, 6) is -0.403. The van der Waals surface area contributed by atoms with Crippen LogP contribution < -0.4 is 15.4 Å². The van der Waals surface area contributed by atoms with Crippen molar-refractivity contribution in [2.45, 2.75) is 36.6 Å². The van der Waals surface area contributed by atoms with Crippen LogP contribution in [-0.2, 0) is 14.8 Å². The maximum absolute atomic E-state index is 12.5. The summed E-state index contributed by atoms with van der Waals surface area (Å²) in [5.41, 5.74) is 1.45. The fourth-order valence-corrected chi connectivity index (χ4v) is 4.13. The largest absolute Gasteiger partial charge is 0.325 e. The Balaban J connectivity index is 1.84. The van der Waals surface area contributed by atoms with Gasteiger partial charge in [0.2, 0.25) is 15.9 Å². The fraction of sp³-hybridized carbons (Fsp3) is 0.500. The van der Waals surface area contributed by atoms with Crippen molar-refractivity contribution in [3.05, 3.63) is 23.8 Å². The number of hydrogen-bond donors (Lipinski definition) is 3. The molecule has 0 aromatic heterocycles. The molecule has 0 bridgehead atoms. The third kappa shape index (κ3) is 2.81. The normalized spacial score (nSPS) is 22.9. The van der Waals surface area contributed by atoms with Crippen molar-refractivity contribution in [2.75, 3.05) is 18.4 Å². The van der Waals surface area contributed by atoms with Crippen molar-refractivity contribution in [2.24, 2.45) is 0 Å². The molecule has 21 heavy (non-hydrogen) atoms. The number of amides is 1. The van der Waals surface area contributed by atoms with E-state index in [1.54, 1.807) is 25.1 Å². The van der Waals surface area contributed by atoms with Gasteiger partial charge in [0.05, 0.1) is 10.8 Å². The summed E-state index contributed by atoms with van der Waals surface area (Å²) >= 11 is 0. The molecule has 2 heterocycles. The molecule has 2 aliphatic heterocycles. The van der Waals surface area contributed by atoms with Crippen LogP contribution in [0.25, 0.3) is 0 Å². The Kier molecular flexibility index (Phi) is 3.73. The number of sulfonamides is 1. The lowest BCUT2D eigenvalue weighted by atomic mass is 10.0. The number of carbonyl (C=O) groups is 1. The molecule has 1 saturated heterocycles. The standard InChI is InChI=1S/C14H19N3O3S/c1-9-12-8-11(2-3-13(12)16-14(9)18)21(19,20)17-10-4-6-15-7-5-10/h2-3,8-10,15,17H,4-7H2,1H3,(H,16,18). The molecule has 114 valence electrons. The van der Waals surface area contributed by atoms with Crippen LogP contribution in [0.4, 0.5) is 5.69 Å². The minimum absolute atomic E-state index is 0.0262. The molecule has 1 unspecified atom stereocenters. The molecule has 6 nitrogen and oxygen atoms in total. The van der Waals surface area contributed by atoms with E-state index >= 15 is 0 Å². The minimum Gasteiger partial charge on any atom is -0.325 e. The van der Waals surface area contributed by atoms with Gasteiger partial charge in [-0.3, -0.25) is 4.79 Å². The first-order valence-electron chi connectivity index (χ1n) is 7.15. The van der Waals surface area contributed by atoms with Gasteiger partial charge in [-0.2, -0.15) is 0 Å². The molecule has 0 spiro atoms. The van der Waals surface area contributed by atoms with E-state index < -0.39 is 10.0 Å². The molecule has 1 aromatic rings. The molecule has 3 N–H and O–H groups in total.